The third kappa shape index (κ3) is 9.92. The summed E-state index contributed by atoms with van der Waals surface area (Å²) in [7, 11) is 0. The van der Waals surface area contributed by atoms with Gasteiger partial charge in [0.05, 0.1) is 0 Å². The van der Waals surface area contributed by atoms with Crippen LogP contribution >= 0.6 is 0 Å². The fraction of sp³-hybridized carbons (Fsp3) is 0. The van der Waals surface area contributed by atoms with Crippen molar-refractivity contribution in [3.8, 4) is 0 Å². The summed E-state index contributed by atoms with van der Waals surface area (Å²) < 4.78 is 8.12. The van der Waals surface area contributed by atoms with E-state index in [1.54, 1.807) is 0 Å². The fourth-order valence-corrected chi connectivity index (χ4v) is 0. The summed E-state index contributed by atoms with van der Waals surface area (Å²) in [4.78, 5) is 0. The molecule has 0 atom stereocenters. The molecule has 0 rings (SSSR count). The first kappa shape index (κ1) is 18.1. The standard InChI is InChI=1S/Mn.OSe.V/c;1-2;. The van der Waals surface area contributed by atoms with Crippen molar-refractivity contribution in [1.29, 1.82) is 0 Å². The average Bonchev–Trinajstić information content (AvgIpc) is 1.00. The van der Waals surface area contributed by atoms with Crippen molar-refractivity contribution < 1.29 is 39.5 Å². The maximum atomic E-state index is 8.12. The molecule has 0 N–H and O–H groups in total. The van der Waals surface area contributed by atoms with E-state index in [-0.39, 0.29) is 35.6 Å². The Balaban J connectivity index is -0.00000000500. The van der Waals surface area contributed by atoms with Crippen LogP contribution in [0.2, 0.25) is 0 Å². The molecular formula is MnOSeV. The van der Waals surface area contributed by atoms with Crippen LogP contribution < -0.4 is 0 Å². The van der Waals surface area contributed by atoms with E-state index in [4.69, 9.17) is 3.83 Å². The van der Waals surface area contributed by atoms with E-state index in [0.717, 1.165) is 0 Å². The number of hydrogen-bond donors (Lipinski definition) is 0. The van der Waals surface area contributed by atoms with Gasteiger partial charge in [-0.1, -0.05) is 0 Å². The van der Waals surface area contributed by atoms with Crippen molar-refractivity contribution >= 4 is 15.9 Å². The molecule has 0 unspecified atom stereocenters. The molecule has 4 heteroatoms. The SMILES string of the molecule is O=[Se].[Mn].[V]. The first-order chi connectivity index (χ1) is 1.00. The van der Waals surface area contributed by atoms with Crippen molar-refractivity contribution in [2.75, 3.05) is 0 Å². The molecule has 24 valence electrons. The molecule has 0 aromatic carbocycles. The van der Waals surface area contributed by atoms with E-state index in [0.29, 0.717) is 0 Å². The van der Waals surface area contributed by atoms with Crippen LogP contribution in [-0.2, 0) is 39.5 Å². The summed E-state index contributed by atoms with van der Waals surface area (Å²) in [6, 6.07) is 0. The van der Waals surface area contributed by atoms with Gasteiger partial charge in [-0.05, 0) is 0 Å². The quantitative estimate of drug-likeness (QED) is 0.482. The van der Waals surface area contributed by atoms with Crippen molar-refractivity contribution in [2.45, 2.75) is 0 Å². The zero-order valence-corrected chi connectivity index (χ0v) is 5.93. The van der Waals surface area contributed by atoms with Crippen molar-refractivity contribution in [1.82, 2.24) is 0 Å². The second kappa shape index (κ2) is 25.6. The Morgan fingerprint density at radius 3 is 1.25 bits per heavy atom. The summed E-state index contributed by atoms with van der Waals surface area (Å²) in [5.41, 5.74) is 0. The summed E-state index contributed by atoms with van der Waals surface area (Å²) in [5.74, 6) is 0. The first-order valence-electron chi connectivity index (χ1n) is 0.167. The zero-order chi connectivity index (χ0) is 2.00. The third-order valence-corrected chi connectivity index (χ3v) is 0. The minimum absolute atomic E-state index is 0. The molecule has 0 fully saturated rings. The van der Waals surface area contributed by atoms with E-state index in [1.165, 1.54) is 15.9 Å². The van der Waals surface area contributed by atoms with Gasteiger partial charge in [-0.3, -0.25) is 0 Å². The minimum Gasteiger partial charge on any atom is 0 e. The topological polar surface area (TPSA) is 17.1 Å². The monoisotopic (exact) mass is 202 g/mol. The maximum absolute atomic E-state index is 8.12. The van der Waals surface area contributed by atoms with Crippen LogP contribution in [0.15, 0.2) is 0 Å². The van der Waals surface area contributed by atoms with E-state index in [1.807, 2.05) is 0 Å². The van der Waals surface area contributed by atoms with Gasteiger partial charge >= 0.3 is 19.8 Å². The zero-order valence-electron chi connectivity index (χ0n) is 1.64. The van der Waals surface area contributed by atoms with Gasteiger partial charge in [0.2, 0.25) is 0 Å². The fourth-order valence-electron chi connectivity index (χ4n) is 0. The maximum Gasteiger partial charge on any atom is 0 e. The van der Waals surface area contributed by atoms with Gasteiger partial charge in [0.15, 0.2) is 0 Å². The number of hydrogen-bond acceptors (Lipinski definition) is 1. The first-order valence-corrected chi connectivity index (χ1v) is 0.866. The molecule has 4 heavy (non-hydrogen) atoms. The Bertz CT molecular complexity index is 8.00. The molecule has 0 aliphatic carbocycles. The molecule has 0 aliphatic heterocycles. The summed E-state index contributed by atoms with van der Waals surface area (Å²) >= 11 is 1.38. The second-order valence-corrected chi connectivity index (χ2v) is 0. The Morgan fingerprint density at radius 2 is 1.25 bits per heavy atom. The smallest absolute Gasteiger partial charge is 0 e. The van der Waals surface area contributed by atoms with E-state index < -0.39 is 0 Å². The van der Waals surface area contributed by atoms with E-state index >= 15 is 0 Å². The molecular weight excluding hydrogens is 201 g/mol. The van der Waals surface area contributed by atoms with Crippen molar-refractivity contribution in [3.05, 3.63) is 0 Å². The predicted octanol–water partition coefficient (Wildman–Crippen LogP) is -0.505. The Labute approximate surface area is 55.3 Å². The molecule has 1 nitrogen and oxygen atoms in total. The molecule has 0 heterocycles. The van der Waals surface area contributed by atoms with Crippen LogP contribution in [0.4, 0.5) is 0 Å². The summed E-state index contributed by atoms with van der Waals surface area (Å²) in [6.45, 7) is 0. The summed E-state index contributed by atoms with van der Waals surface area (Å²) in [6.07, 6.45) is 0. The van der Waals surface area contributed by atoms with Crippen molar-refractivity contribution in [2.24, 2.45) is 0 Å². The minimum atomic E-state index is 0. The largest absolute Gasteiger partial charge is 0 e. The van der Waals surface area contributed by atoms with Gasteiger partial charge in [-0.15, -0.1) is 0 Å². The van der Waals surface area contributed by atoms with Crippen LogP contribution in [0, 0.1) is 0 Å². The van der Waals surface area contributed by atoms with Crippen LogP contribution in [0.1, 0.15) is 0 Å². The predicted molar refractivity (Wildman–Crippen MR) is 6.44 cm³/mol. The Hall–Kier alpha value is 1.42. The third-order valence-electron chi connectivity index (χ3n) is 0. The second-order valence-electron chi connectivity index (χ2n) is 0. The molecule has 0 bridgehead atoms. The van der Waals surface area contributed by atoms with Crippen LogP contribution in [-0.4, -0.2) is 15.9 Å². The van der Waals surface area contributed by atoms with Crippen LogP contribution in [0.25, 0.3) is 0 Å². The summed E-state index contributed by atoms with van der Waals surface area (Å²) in [5, 5.41) is 0. The van der Waals surface area contributed by atoms with Gasteiger partial charge in [0.25, 0.3) is 0 Å². The van der Waals surface area contributed by atoms with E-state index in [9.17, 15) is 0 Å². The van der Waals surface area contributed by atoms with Crippen LogP contribution in [0.3, 0.4) is 0 Å². The molecule has 2 radical (unpaired) electrons. The molecule has 0 aliphatic rings. The van der Waals surface area contributed by atoms with Crippen LogP contribution in [0.5, 0.6) is 0 Å². The number of rotatable bonds is 0. The molecule has 0 amide bonds. The van der Waals surface area contributed by atoms with Gasteiger partial charge < -0.3 is 0 Å². The molecule has 0 aromatic rings. The van der Waals surface area contributed by atoms with Gasteiger partial charge in [0, 0.05) is 35.6 Å². The average molecular weight is 201 g/mol. The van der Waals surface area contributed by atoms with Gasteiger partial charge in [0.1, 0.15) is 0 Å². The molecule has 0 saturated carbocycles. The molecule has 0 saturated heterocycles. The van der Waals surface area contributed by atoms with Gasteiger partial charge in [-0.2, -0.15) is 0 Å². The molecule has 0 spiro atoms. The normalized spacial score (nSPS) is 1.00. The molecule has 0 aromatic heterocycles. The Kier molecular flexibility index (Phi) is 116. The van der Waals surface area contributed by atoms with Crippen molar-refractivity contribution in [3.63, 3.8) is 0 Å². The Morgan fingerprint density at radius 1 is 1.25 bits per heavy atom. The van der Waals surface area contributed by atoms with E-state index in [2.05, 4.69) is 0 Å². The van der Waals surface area contributed by atoms with Gasteiger partial charge in [-0.25, -0.2) is 0 Å².